The Morgan fingerprint density at radius 1 is 1.00 bits per heavy atom. The molecular weight excluding hydrogens is 889 g/mol. The number of likely N-dealkylation sites (tertiary alicyclic amines) is 1. The van der Waals surface area contributed by atoms with Crippen LogP contribution in [0.3, 0.4) is 0 Å². The number of ether oxygens (including phenoxy) is 3. The van der Waals surface area contributed by atoms with Crippen molar-refractivity contribution in [3.8, 4) is 5.75 Å². The maximum atomic E-state index is 14.9. The summed E-state index contributed by atoms with van der Waals surface area (Å²) < 4.78 is 16.6. The van der Waals surface area contributed by atoms with Crippen LogP contribution in [-0.2, 0) is 44.6 Å². The lowest BCUT2D eigenvalue weighted by Crippen LogP contribution is -2.50. The number of benzene rings is 1. The van der Waals surface area contributed by atoms with Crippen molar-refractivity contribution < 1.29 is 52.9 Å². The summed E-state index contributed by atoms with van der Waals surface area (Å²) in [6, 6.07) is 4.90. The third-order valence-electron chi connectivity index (χ3n) is 11.9. The van der Waals surface area contributed by atoms with Gasteiger partial charge in [-0.2, -0.15) is 11.8 Å². The molecule has 1 aliphatic rings. The number of Topliss-reactive ketones (excluding diaryl/α,β-unsaturated/α-hetero) is 1. The highest BCUT2D eigenvalue weighted by Gasteiger charge is 2.40. The standard InChI is InChI=1S/C47H72N6O11S2/c1-10-14-42(57)63-28-53(46(60)36(30(5)11-2)25-40(56)38-15-12-13-20-52(38)8)39(29(3)4)26-41(64-32(7)54)45-49-37(27-66-45)44(59)48-34(24-33-16-18-35(55)19-17-33)23-31(6)43(58)50-51-47(61)62-21-22-65-9/h16-19,27,29-31,34,36,38-39,41,55H,10-15,20-26,28H2,1-9H3,(H,48,59)(H,50,58)(H,51,61)/t30?,31-,34+,36-,38+,39+,41+/m0/s1. The molecule has 0 aliphatic carbocycles. The number of hydrazine groups is 1. The number of hydrogen-bond acceptors (Lipinski definition) is 15. The van der Waals surface area contributed by atoms with Gasteiger partial charge in [0.25, 0.3) is 5.91 Å². The summed E-state index contributed by atoms with van der Waals surface area (Å²) in [5.74, 6) is -3.62. The minimum Gasteiger partial charge on any atom is -0.508 e. The molecule has 1 saturated heterocycles. The van der Waals surface area contributed by atoms with E-state index < -0.39 is 59.9 Å². The van der Waals surface area contributed by atoms with Gasteiger partial charge in [-0.15, -0.1) is 11.3 Å². The summed E-state index contributed by atoms with van der Waals surface area (Å²) in [4.78, 5) is 101. The summed E-state index contributed by atoms with van der Waals surface area (Å²) in [5.41, 5.74) is 5.41. The molecule has 1 aromatic carbocycles. The Morgan fingerprint density at radius 3 is 2.33 bits per heavy atom. The number of nitrogens with one attached hydrogen (secondary N) is 3. The predicted octanol–water partition coefficient (Wildman–Crippen LogP) is 6.59. The number of rotatable bonds is 26. The molecule has 1 fully saturated rings. The molecule has 0 spiro atoms. The highest BCUT2D eigenvalue weighted by molar-refractivity contribution is 7.98. The molecule has 3 rings (SSSR count). The number of piperidine rings is 1. The second-order valence-corrected chi connectivity index (χ2v) is 19.4. The van der Waals surface area contributed by atoms with Gasteiger partial charge < -0.3 is 29.5 Å². The quantitative estimate of drug-likeness (QED) is 0.0257. The van der Waals surface area contributed by atoms with Crippen molar-refractivity contribution in [3.05, 3.63) is 45.9 Å². The fourth-order valence-electron chi connectivity index (χ4n) is 7.92. The zero-order chi connectivity index (χ0) is 48.9. The average molecular weight is 961 g/mol. The summed E-state index contributed by atoms with van der Waals surface area (Å²) in [6.45, 7) is 13.1. The van der Waals surface area contributed by atoms with Crippen LogP contribution in [0.25, 0.3) is 0 Å². The first-order valence-corrected chi connectivity index (χ1v) is 25.3. The summed E-state index contributed by atoms with van der Waals surface area (Å²) in [7, 11) is 1.94. The third-order valence-corrected chi connectivity index (χ3v) is 13.4. The lowest BCUT2D eigenvalue weighted by atomic mass is 9.82. The number of aromatic hydroxyl groups is 1. The maximum Gasteiger partial charge on any atom is 0.426 e. The van der Waals surface area contributed by atoms with Crippen LogP contribution in [0.4, 0.5) is 4.79 Å². The van der Waals surface area contributed by atoms with Crippen molar-refractivity contribution in [1.29, 1.82) is 0 Å². The molecule has 66 heavy (non-hydrogen) atoms. The van der Waals surface area contributed by atoms with Crippen LogP contribution in [0.5, 0.6) is 5.75 Å². The molecule has 1 aliphatic heterocycles. The number of amides is 4. The van der Waals surface area contributed by atoms with E-state index in [-0.39, 0.29) is 86.5 Å². The number of ketones is 1. The van der Waals surface area contributed by atoms with Crippen LogP contribution >= 0.6 is 23.1 Å². The van der Waals surface area contributed by atoms with Crippen molar-refractivity contribution in [2.45, 2.75) is 137 Å². The summed E-state index contributed by atoms with van der Waals surface area (Å²) in [5, 5.41) is 14.7. The molecular formula is C47H72N6O11S2. The van der Waals surface area contributed by atoms with E-state index in [2.05, 4.69) is 26.1 Å². The number of hydrogen-bond donors (Lipinski definition) is 4. The Balaban J connectivity index is 1.92. The maximum absolute atomic E-state index is 14.9. The van der Waals surface area contributed by atoms with Crippen LogP contribution in [0, 0.1) is 23.7 Å². The Bertz CT molecular complexity index is 1900. The van der Waals surface area contributed by atoms with Crippen molar-refractivity contribution >= 4 is 64.6 Å². The molecule has 0 bridgehead atoms. The monoisotopic (exact) mass is 960 g/mol. The number of nitrogens with zero attached hydrogens (tertiary/aromatic N) is 3. The Kier molecular flexibility index (Phi) is 23.9. The van der Waals surface area contributed by atoms with E-state index in [4.69, 9.17) is 14.2 Å². The number of aromatic nitrogens is 1. The summed E-state index contributed by atoms with van der Waals surface area (Å²) >= 11 is 2.60. The van der Waals surface area contributed by atoms with E-state index in [9.17, 15) is 38.7 Å². The molecule has 4 amide bonds. The molecule has 7 atom stereocenters. The molecule has 2 heterocycles. The molecule has 0 radical (unpaired) electrons. The van der Waals surface area contributed by atoms with Gasteiger partial charge in [0.2, 0.25) is 11.8 Å². The summed E-state index contributed by atoms with van der Waals surface area (Å²) in [6.07, 6.45) is 4.58. The van der Waals surface area contributed by atoms with Gasteiger partial charge >= 0.3 is 18.0 Å². The number of phenols is 1. The first-order valence-electron chi connectivity index (χ1n) is 23.0. The van der Waals surface area contributed by atoms with Crippen LogP contribution in [0.2, 0.25) is 0 Å². The van der Waals surface area contributed by atoms with Gasteiger partial charge in [-0.1, -0.05) is 66.5 Å². The molecule has 4 N–H and O–H groups in total. The van der Waals surface area contributed by atoms with Crippen molar-refractivity contribution in [2.24, 2.45) is 23.7 Å². The fourth-order valence-corrected chi connectivity index (χ4v) is 9.00. The number of thiazole rings is 1. The predicted molar refractivity (Wildman–Crippen MR) is 253 cm³/mol. The smallest absolute Gasteiger partial charge is 0.426 e. The van der Waals surface area contributed by atoms with E-state index in [1.165, 1.54) is 41.1 Å². The van der Waals surface area contributed by atoms with Crippen molar-refractivity contribution in [3.63, 3.8) is 0 Å². The second kappa shape index (κ2) is 28.4. The molecule has 2 aromatic rings. The van der Waals surface area contributed by atoms with E-state index in [1.54, 1.807) is 19.1 Å². The number of carbonyl (C=O) groups excluding carboxylic acids is 7. The highest BCUT2D eigenvalue weighted by Crippen LogP contribution is 2.34. The minimum atomic E-state index is -1.01. The largest absolute Gasteiger partial charge is 0.508 e. The molecule has 0 saturated carbocycles. The number of carbonyl (C=O) groups is 7. The number of thioether (sulfide) groups is 1. The van der Waals surface area contributed by atoms with E-state index in [0.717, 1.165) is 42.7 Å². The van der Waals surface area contributed by atoms with Gasteiger partial charge in [0.05, 0.1) is 6.04 Å². The second-order valence-electron chi connectivity index (χ2n) is 17.5. The Hall–Kier alpha value is -4.75. The molecule has 19 heteroatoms. The SMILES string of the molecule is CCCC(=O)OCN(C(=O)[C@@H](CC(=O)[C@H]1CCCCN1C)C(C)CC)[C@H](C[C@@H](OC(C)=O)c1nc(C(=O)N[C@@H](Cc2ccc(O)cc2)C[C@H](C)C(=O)NNC(=O)OCCSC)cs1)C(C)C. The van der Waals surface area contributed by atoms with Crippen LogP contribution in [0.15, 0.2) is 29.6 Å². The lowest BCUT2D eigenvalue weighted by molar-refractivity contribution is -0.161. The van der Waals surface area contributed by atoms with Gasteiger partial charge in [0, 0.05) is 61.2 Å². The third kappa shape index (κ3) is 18.1. The number of esters is 2. The van der Waals surface area contributed by atoms with Gasteiger partial charge in [0.1, 0.15) is 23.1 Å². The Labute approximate surface area is 398 Å². The first kappa shape index (κ1) is 55.6. The van der Waals surface area contributed by atoms with Gasteiger partial charge in [-0.25, -0.2) is 15.2 Å². The Morgan fingerprint density at radius 2 is 1.71 bits per heavy atom. The minimum absolute atomic E-state index is 0.00502. The average Bonchev–Trinajstić information content (AvgIpc) is 3.78. The van der Waals surface area contributed by atoms with Gasteiger partial charge in [-0.3, -0.25) is 39.1 Å². The number of phenolic OH excluding ortho intramolecular Hbond substituents is 1. The zero-order valence-electron chi connectivity index (χ0n) is 40.1. The van der Waals surface area contributed by atoms with Crippen LogP contribution < -0.4 is 16.2 Å². The van der Waals surface area contributed by atoms with Crippen LogP contribution in [-0.4, -0.2) is 118 Å². The molecule has 1 aromatic heterocycles. The normalized spacial score (nSPS) is 16.7. The van der Waals surface area contributed by atoms with Gasteiger partial charge in [-0.05, 0) is 81.5 Å². The fraction of sp³-hybridized carbons (Fsp3) is 0.660. The first-order chi connectivity index (χ1) is 31.4. The van der Waals surface area contributed by atoms with Crippen LogP contribution in [0.1, 0.15) is 133 Å². The van der Waals surface area contributed by atoms with Crippen molar-refractivity contribution in [1.82, 2.24) is 31.0 Å². The van der Waals surface area contributed by atoms with Gasteiger partial charge in [0.15, 0.2) is 18.6 Å². The highest BCUT2D eigenvalue weighted by atomic mass is 32.2. The topological polar surface area (TPSA) is 223 Å². The van der Waals surface area contributed by atoms with E-state index >= 15 is 0 Å². The zero-order valence-corrected chi connectivity index (χ0v) is 41.7. The molecule has 368 valence electrons. The van der Waals surface area contributed by atoms with E-state index in [1.807, 2.05) is 47.9 Å². The van der Waals surface area contributed by atoms with Crippen molar-refractivity contribution in [2.75, 3.05) is 38.9 Å². The number of likely N-dealkylation sites (N-methyl/N-ethyl adjacent to an activating group) is 1. The molecule has 17 nitrogen and oxygen atoms in total. The molecule has 1 unspecified atom stereocenters. The lowest BCUT2D eigenvalue weighted by Gasteiger charge is -2.39. The van der Waals surface area contributed by atoms with E-state index in [0.29, 0.717) is 23.6 Å².